The first-order valence-electron chi connectivity index (χ1n) is 8.82. The second kappa shape index (κ2) is 10.6. The first-order chi connectivity index (χ1) is 14.9. The van der Waals surface area contributed by atoms with Crippen molar-refractivity contribution in [1.29, 1.82) is 0 Å². The van der Waals surface area contributed by atoms with E-state index in [2.05, 4.69) is 26.2 Å². The van der Waals surface area contributed by atoms with Crippen molar-refractivity contribution in [2.45, 2.75) is 17.5 Å². The third-order valence-electron chi connectivity index (χ3n) is 3.92. The van der Waals surface area contributed by atoms with Gasteiger partial charge in [0.15, 0.2) is 9.84 Å². The van der Waals surface area contributed by atoms with E-state index in [9.17, 15) is 26.4 Å². The number of benzene rings is 2. The Hall–Kier alpha value is -2.99. The van der Waals surface area contributed by atoms with Crippen molar-refractivity contribution >= 4 is 54.2 Å². The number of alkyl halides is 3. The third-order valence-corrected chi connectivity index (χ3v) is 6.18. The largest absolute Gasteiger partial charge is 0.490 e. The average Bonchev–Trinajstić information content (AvgIpc) is 2.73. The zero-order chi connectivity index (χ0) is 23.9. The Labute approximate surface area is 189 Å². The zero-order valence-corrected chi connectivity index (χ0v) is 18.5. The molecule has 3 aromatic rings. The van der Waals surface area contributed by atoms with Gasteiger partial charge in [-0.2, -0.15) is 13.2 Å². The number of hydrogen-bond donors (Lipinski definition) is 2. The number of aliphatic carboxylic acids is 1. The zero-order valence-electron chi connectivity index (χ0n) is 16.1. The molecule has 0 bridgehead atoms. The van der Waals surface area contributed by atoms with Crippen LogP contribution in [-0.2, 0) is 19.4 Å². The maximum absolute atomic E-state index is 12.3. The molecule has 1 heterocycles. The molecule has 1 amide bonds. The molecule has 170 valence electrons. The summed E-state index contributed by atoms with van der Waals surface area (Å²) >= 11 is 3.27. The smallest absolute Gasteiger partial charge is 0.475 e. The van der Waals surface area contributed by atoms with E-state index >= 15 is 0 Å². The number of anilines is 1. The highest BCUT2D eigenvalue weighted by Gasteiger charge is 2.38. The topological polar surface area (TPSA) is 113 Å². The molecule has 0 saturated heterocycles. The van der Waals surface area contributed by atoms with Crippen LogP contribution in [0.3, 0.4) is 0 Å². The molecule has 3 rings (SSSR count). The van der Waals surface area contributed by atoms with E-state index in [1.54, 1.807) is 24.4 Å². The number of carbonyl (C=O) groups is 2. The van der Waals surface area contributed by atoms with Gasteiger partial charge in [0.1, 0.15) is 0 Å². The lowest BCUT2D eigenvalue weighted by Gasteiger charge is -2.08. The SMILES string of the molecule is O=C(CCS(=O)(=O)c1ccc(Br)cc1)Nc1cccc2cccnc12.O=C(O)C(F)(F)F. The molecule has 12 heteroatoms. The van der Waals surface area contributed by atoms with Crippen molar-refractivity contribution in [1.82, 2.24) is 4.98 Å². The number of halogens is 4. The minimum absolute atomic E-state index is 0.123. The fraction of sp³-hybridized carbons (Fsp3) is 0.150. The van der Waals surface area contributed by atoms with Gasteiger partial charge >= 0.3 is 12.1 Å². The molecular weight excluding hydrogens is 517 g/mol. The molecule has 1 aromatic heterocycles. The van der Waals surface area contributed by atoms with E-state index in [0.717, 1.165) is 9.86 Å². The van der Waals surface area contributed by atoms with Gasteiger partial charge in [-0.05, 0) is 36.4 Å². The number of rotatable bonds is 5. The summed E-state index contributed by atoms with van der Waals surface area (Å²) in [4.78, 5) is 25.5. The Morgan fingerprint density at radius 2 is 1.62 bits per heavy atom. The number of hydrogen-bond acceptors (Lipinski definition) is 5. The van der Waals surface area contributed by atoms with Crippen LogP contribution in [0.2, 0.25) is 0 Å². The molecular formula is C20H16BrF3N2O5S. The molecule has 0 fully saturated rings. The number of para-hydroxylation sites is 1. The fourth-order valence-electron chi connectivity index (χ4n) is 2.40. The third kappa shape index (κ3) is 7.31. The summed E-state index contributed by atoms with van der Waals surface area (Å²) in [6, 6.07) is 15.5. The van der Waals surface area contributed by atoms with Gasteiger partial charge in [-0.1, -0.05) is 34.1 Å². The number of nitrogens with zero attached hydrogens (tertiary/aromatic N) is 1. The van der Waals surface area contributed by atoms with Crippen molar-refractivity contribution in [3.8, 4) is 0 Å². The number of carbonyl (C=O) groups excluding carboxylic acids is 1. The van der Waals surface area contributed by atoms with Crippen molar-refractivity contribution < 1.29 is 36.3 Å². The van der Waals surface area contributed by atoms with Crippen LogP contribution < -0.4 is 5.32 Å². The van der Waals surface area contributed by atoms with Crippen LogP contribution in [0, 0.1) is 0 Å². The lowest BCUT2D eigenvalue weighted by atomic mass is 10.2. The number of aromatic nitrogens is 1. The summed E-state index contributed by atoms with van der Waals surface area (Å²) in [7, 11) is -3.50. The Kier molecular flexibility index (Phi) is 8.33. The van der Waals surface area contributed by atoms with Gasteiger partial charge in [0.25, 0.3) is 0 Å². The van der Waals surface area contributed by atoms with E-state index in [-0.39, 0.29) is 23.0 Å². The predicted molar refractivity (Wildman–Crippen MR) is 115 cm³/mol. The number of carboxylic acid groups (broad SMARTS) is 1. The molecule has 2 aromatic carbocycles. The van der Waals surface area contributed by atoms with Crippen molar-refractivity contribution in [3.63, 3.8) is 0 Å². The fourth-order valence-corrected chi connectivity index (χ4v) is 3.91. The molecule has 7 nitrogen and oxygen atoms in total. The van der Waals surface area contributed by atoms with Gasteiger partial charge < -0.3 is 10.4 Å². The second-order valence-corrected chi connectivity index (χ2v) is 9.28. The number of nitrogens with one attached hydrogen (secondary N) is 1. The summed E-state index contributed by atoms with van der Waals surface area (Å²) in [5, 5.41) is 10.8. The minimum Gasteiger partial charge on any atom is -0.475 e. The lowest BCUT2D eigenvalue weighted by Crippen LogP contribution is -2.21. The maximum atomic E-state index is 12.3. The molecule has 0 spiro atoms. The summed E-state index contributed by atoms with van der Waals surface area (Å²) in [6.07, 6.45) is -3.56. The lowest BCUT2D eigenvalue weighted by molar-refractivity contribution is -0.192. The van der Waals surface area contributed by atoms with E-state index in [4.69, 9.17) is 9.90 Å². The second-order valence-electron chi connectivity index (χ2n) is 6.25. The van der Waals surface area contributed by atoms with Crippen LogP contribution in [0.25, 0.3) is 10.9 Å². The predicted octanol–water partition coefficient (Wildman–Crippen LogP) is 4.43. The Morgan fingerprint density at radius 3 is 2.22 bits per heavy atom. The number of fused-ring (bicyclic) bond motifs is 1. The number of pyridine rings is 1. The molecule has 0 atom stereocenters. The van der Waals surface area contributed by atoms with Crippen LogP contribution in [-0.4, -0.2) is 42.3 Å². The number of sulfone groups is 1. The molecule has 0 saturated carbocycles. The Bertz CT molecular complexity index is 1210. The molecule has 0 aliphatic carbocycles. The van der Waals surface area contributed by atoms with E-state index in [1.165, 1.54) is 12.1 Å². The summed E-state index contributed by atoms with van der Waals surface area (Å²) in [5.74, 6) is -3.37. The molecule has 32 heavy (non-hydrogen) atoms. The van der Waals surface area contributed by atoms with Gasteiger partial charge in [-0.15, -0.1) is 0 Å². The maximum Gasteiger partial charge on any atom is 0.490 e. The molecule has 2 N–H and O–H groups in total. The highest BCUT2D eigenvalue weighted by Crippen LogP contribution is 2.21. The van der Waals surface area contributed by atoms with Gasteiger partial charge in [0, 0.05) is 22.5 Å². The first-order valence-corrected chi connectivity index (χ1v) is 11.3. The van der Waals surface area contributed by atoms with Crippen LogP contribution in [0.4, 0.5) is 18.9 Å². The van der Waals surface area contributed by atoms with Crippen LogP contribution in [0.5, 0.6) is 0 Å². The van der Waals surface area contributed by atoms with Crippen LogP contribution >= 0.6 is 15.9 Å². The van der Waals surface area contributed by atoms with Crippen molar-refractivity contribution in [3.05, 3.63) is 65.3 Å². The van der Waals surface area contributed by atoms with E-state index in [0.29, 0.717) is 11.2 Å². The monoisotopic (exact) mass is 532 g/mol. The summed E-state index contributed by atoms with van der Waals surface area (Å²) in [5.41, 5.74) is 1.25. The molecule has 0 radical (unpaired) electrons. The van der Waals surface area contributed by atoms with Gasteiger partial charge in [-0.25, -0.2) is 13.2 Å². The Morgan fingerprint density at radius 1 is 1.03 bits per heavy atom. The quantitative estimate of drug-likeness (QED) is 0.502. The number of carboxylic acids is 1. The van der Waals surface area contributed by atoms with Crippen LogP contribution in [0.15, 0.2) is 70.2 Å². The standard InChI is InChI=1S/C18H15BrN2O3S.C2HF3O2/c19-14-6-8-15(9-7-14)25(23,24)12-10-17(22)21-16-5-1-3-13-4-2-11-20-18(13)16;3-2(4,5)1(6)7/h1-9,11H,10,12H2,(H,21,22);(H,6,7). The number of amides is 1. The highest BCUT2D eigenvalue weighted by atomic mass is 79.9. The normalized spacial score (nSPS) is 11.4. The van der Waals surface area contributed by atoms with Crippen molar-refractivity contribution in [2.75, 3.05) is 11.1 Å². The molecule has 0 aliphatic rings. The van der Waals surface area contributed by atoms with Gasteiger partial charge in [0.2, 0.25) is 5.91 Å². The minimum atomic E-state index is -5.08. The van der Waals surface area contributed by atoms with E-state index < -0.39 is 22.0 Å². The van der Waals surface area contributed by atoms with Crippen molar-refractivity contribution in [2.24, 2.45) is 0 Å². The molecule has 0 unspecified atom stereocenters. The van der Waals surface area contributed by atoms with Gasteiger partial charge in [0.05, 0.1) is 21.9 Å². The highest BCUT2D eigenvalue weighted by molar-refractivity contribution is 9.10. The van der Waals surface area contributed by atoms with E-state index in [1.807, 2.05) is 24.3 Å². The van der Waals surface area contributed by atoms with Crippen LogP contribution in [0.1, 0.15) is 6.42 Å². The summed E-state index contributed by atoms with van der Waals surface area (Å²) < 4.78 is 57.1. The molecule has 0 aliphatic heterocycles. The first kappa shape index (κ1) is 25.3. The van der Waals surface area contributed by atoms with Gasteiger partial charge in [-0.3, -0.25) is 9.78 Å². The summed E-state index contributed by atoms with van der Waals surface area (Å²) in [6.45, 7) is 0. The average molecular weight is 533 g/mol. The Balaban J connectivity index is 0.000000451.